The Morgan fingerprint density at radius 3 is 2.17 bits per heavy atom. The molecule has 2 rings (SSSR count). The Bertz CT molecular complexity index is 760. The van der Waals surface area contributed by atoms with Crippen molar-refractivity contribution < 1.29 is 16.8 Å². The van der Waals surface area contributed by atoms with Crippen molar-refractivity contribution in [3.63, 3.8) is 0 Å². The van der Waals surface area contributed by atoms with Crippen LogP contribution in [-0.2, 0) is 25.8 Å². The molecule has 0 saturated carbocycles. The average Bonchev–Trinajstić information content (AvgIpc) is 2.73. The topological polar surface area (TPSA) is 74.8 Å². The summed E-state index contributed by atoms with van der Waals surface area (Å²) in [5.74, 6) is 0.0689. The van der Waals surface area contributed by atoms with Crippen LogP contribution in [0.2, 0.25) is 0 Å². The summed E-state index contributed by atoms with van der Waals surface area (Å²) in [5.41, 5.74) is 1.78. The molecule has 1 heterocycles. The van der Waals surface area contributed by atoms with Crippen molar-refractivity contribution in [2.45, 2.75) is 32.4 Å². The predicted molar refractivity (Wildman–Crippen MR) is 95.6 cm³/mol. The van der Waals surface area contributed by atoms with E-state index in [1.54, 1.807) is 6.07 Å². The molecule has 1 fully saturated rings. The van der Waals surface area contributed by atoms with Crippen LogP contribution < -0.4 is 0 Å². The first-order valence-electron chi connectivity index (χ1n) is 8.26. The number of hydrogen-bond acceptors (Lipinski definition) is 4. The quantitative estimate of drug-likeness (QED) is 0.757. The fourth-order valence-electron chi connectivity index (χ4n) is 2.92. The molecule has 136 valence electrons. The van der Waals surface area contributed by atoms with Crippen LogP contribution in [0.4, 0.5) is 0 Å². The maximum absolute atomic E-state index is 12.7. The predicted octanol–water partition coefficient (Wildman–Crippen LogP) is 1.57. The second kappa shape index (κ2) is 7.95. The minimum Gasteiger partial charge on any atom is -0.212 e. The molecular weight excluding hydrogens is 348 g/mol. The van der Waals surface area contributed by atoms with E-state index in [-0.39, 0.29) is 24.6 Å². The van der Waals surface area contributed by atoms with Crippen molar-refractivity contribution in [1.29, 1.82) is 0 Å². The minimum atomic E-state index is -3.45. The third kappa shape index (κ3) is 5.02. The second-order valence-corrected chi connectivity index (χ2v) is 10.3. The molecule has 0 unspecified atom stereocenters. The highest BCUT2D eigenvalue weighted by molar-refractivity contribution is 7.89. The summed E-state index contributed by atoms with van der Waals surface area (Å²) in [4.78, 5) is 0. The molecule has 8 heteroatoms. The molecule has 24 heavy (non-hydrogen) atoms. The van der Waals surface area contributed by atoms with Gasteiger partial charge in [0.25, 0.3) is 0 Å². The molecule has 0 aromatic heterocycles. The van der Waals surface area contributed by atoms with Crippen molar-refractivity contribution in [2.24, 2.45) is 0 Å². The maximum Gasteiger partial charge on any atom is 0.218 e. The van der Waals surface area contributed by atoms with Gasteiger partial charge in [-0.25, -0.2) is 25.4 Å². The highest BCUT2D eigenvalue weighted by atomic mass is 32.2. The highest BCUT2D eigenvalue weighted by Crippen LogP contribution is 2.16. The zero-order valence-electron chi connectivity index (χ0n) is 14.3. The average molecular weight is 375 g/mol. The van der Waals surface area contributed by atoms with E-state index in [1.165, 1.54) is 8.61 Å². The van der Waals surface area contributed by atoms with Gasteiger partial charge in [-0.1, -0.05) is 36.8 Å². The van der Waals surface area contributed by atoms with Gasteiger partial charge in [-0.05, 0) is 25.3 Å². The van der Waals surface area contributed by atoms with E-state index in [0.29, 0.717) is 25.9 Å². The molecular formula is C16H26N2O4S2. The molecule has 0 amide bonds. The van der Waals surface area contributed by atoms with E-state index in [1.807, 2.05) is 32.0 Å². The van der Waals surface area contributed by atoms with Gasteiger partial charge in [0.2, 0.25) is 20.0 Å². The van der Waals surface area contributed by atoms with Crippen LogP contribution >= 0.6 is 0 Å². The van der Waals surface area contributed by atoms with Crippen LogP contribution in [0.3, 0.4) is 0 Å². The largest absolute Gasteiger partial charge is 0.218 e. The van der Waals surface area contributed by atoms with Crippen molar-refractivity contribution in [3.8, 4) is 0 Å². The molecule has 0 N–H and O–H groups in total. The van der Waals surface area contributed by atoms with Gasteiger partial charge in [0.1, 0.15) is 0 Å². The smallest absolute Gasteiger partial charge is 0.212 e. The van der Waals surface area contributed by atoms with Crippen molar-refractivity contribution in [1.82, 2.24) is 8.61 Å². The normalized spacial score (nSPS) is 18.4. The van der Waals surface area contributed by atoms with E-state index in [9.17, 15) is 16.8 Å². The van der Waals surface area contributed by atoms with Gasteiger partial charge in [0.15, 0.2) is 0 Å². The van der Waals surface area contributed by atoms with Gasteiger partial charge >= 0.3 is 0 Å². The summed E-state index contributed by atoms with van der Waals surface area (Å²) in [6.45, 7) is 4.96. The first-order chi connectivity index (χ1) is 11.2. The van der Waals surface area contributed by atoms with Gasteiger partial charge in [-0.15, -0.1) is 0 Å². The number of benzene rings is 1. The lowest BCUT2D eigenvalue weighted by Gasteiger charge is -2.21. The highest BCUT2D eigenvalue weighted by Gasteiger charge is 2.29. The van der Waals surface area contributed by atoms with Crippen LogP contribution in [-0.4, -0.2) is 57.4 Å². The van der Waals surface area contributed by atoms with Crippen molar-refractivity contribution >= 4 is 20.0 Å². The van der Waals surface area contributed by atoms with Crippen molar-refractivity contribution in [3.05, 3.63) is 35.4 Å². The van der Waals surface area contributed by atoms with E-state index >= 15 is 0 Å². The molecule has 0 spiro atoms. The minimum absolute atomic E-state index is 0.0452. The van der Waals surface area contributed by atoms with E-state index in [2.05, 4.69) is 0 Å². The number of aryl methyl sites for hydroxylation is 1. The zero-order chi connectivity index (χ0) is 17.8. The van der Waals surface area contributed by atoms with Gasteiger partial charge in [0.05, 0.1) is 11.5 Å². The Morgan fingerprint density at radius 2 is 1.58 bits per heavy atom. The Hall–Kier alpha value is -0.960. The van der Waals surface area contributed by atoms with Crippen LogP contribution in [0.5, 0.6) is 0 Å². The van der Waals surface area contributed by atoms with Crippen LogP contribution in [0, 0.1) is 6.92 Å². The molecule has 1 aliphatic rings. The summed E-state index contributed by atoms with van der Waals surface area (Å²) >= 11 is 0. The van der Waals surface area contributed by atoms with Crippen LogP contribution in [0.25, 0.3) is 0 Å². The van der Waals surface area contributed by atoms with Gasteiger partial charge in [-0.3, -0.25) is 0 Å². The lowest BCUT2D eigenvalue weighted by Crippen LogP contribution is -2.38. The number of rotatable bonds is 6. The van der Waals surface area contributed by atoms with Gasteiger partial charge in [0, 0.05) is 26.2 Å². The lowest BCUT2D eigenvalue weighted by molar-refractivity contribution is 0.404. The first-order valence-corrected chi connectivity index (χ1v) is 11.5. The summed E-state index contributed by atoms with van der Waals surface area (Å²) in [6, 6.07) is 7.45. The molecule has 1 aromatic carbocycles. The third-order valence-corrected chi connectivity index (χ3v) is 8.02. The van der Waals surface area contributed by atoms with Crippen molar-refractivity contribution in [2.75, 3.05) is 31.9 Å². The van der Waals surface area contributed by atoms with E-state index < -0.39 is 20.0 Å². The summed E-state index contributed by atoms with van der Waals surface area (Å²) in [7, 11) is -6.72. The second-order valence-electron chi connectivity index (χ2n) is 6.21. The number of sulfonamides is 2. The molecule has 0 atom stereocenters. The van der Waals surface area contributed by atoms with E-state index in [0.717, 1.165) is 11.1 Å². The molecule has 0 aliphatic carbocycles. The molecule has 0 radical (unpaired) electrons. The fraction of sp³-hybridized carbons (Fsp3) is 0.625. The Balaban J connectivity index is 2.07. The zero-order valence-corrected chi connectivity index (χ0v) is 15.9. The number of hydrogen-bond donors (Lipinski definition) is 0. The standard InChI is InChI=1S/C16H26N2O4S2/c1-3-12-23(19,20)17-8-5-9-18(11-10-17)24(21,22)14-16-7-4-6-15(2)13-16/h4,6-7,13H,3,5,8-12,14H2,1-2H3. The summed E-state index contributed by atoms with van der Waals surface area (Å²) < 4.78 is 52.5. The lowest BCUT2D eigenvalue weighted by atomic mass is 10.2. The Morgan fingerprint density at radius 1 is 0.958 bits per heavy atom. The Labute approximate surface area is 145 Å². The first kappa shape index (κ1) is 19.4. The van der Waals surface area contributed by atoms with Crippen LogP contribution in [0.1, 0.15) is 30.9 Å². The SMILES string of the molecule is CCCS(=O)(=O)N1CCCN(S(=O)(=O)Cc2cccc(C)c2)CC1. The molecule has 6 nitrogen and oxygen atoms in total. The molecule has 1 saturated heterocycles. The third-order valence-electron chi connectivity index (χ3n) is 4.09. The maximum atomic E-state index is 12.7. The molecule has 1 aromatic rings. The fourth-order valence-corrected chi connectivity index (χ4v) is 6.01. The Kier molecular flexibility index (Phi) is 6.41. The summed E-state index contributed by atoms with van der Waals surface area (Å²) in [6.07, 6.45) is 1.09. The monoisotopic (exact) mass is 374 g/mol. The van der Waals surface area contributed by atoms with Gasteiger partial charge in [-0.2, -0.15) is 0 Å². The molecule has 0 bridgehead atoms. The van der Waals surface area contributed by atoms with E-state index in [4.69, 9.17) is 0 Å². The van der Waals surface area contributed by atoms with Gasteiger partial charge < -0.3 is 0 Å². The number of nitrogens with zero attached hydrogens (tertiary/aromatic N) is 2. The molecule has 1 aliphatic heterocycles. The summed E-state index contributed by atoms with van der Waals surface area (Å²) in [5, 5.41) is 0. The van der Waals surface area contributed by atoms with Crippen LogP contribution in [0.15, 0.2) is 24.3 Å².